The van der Waals surface area contributed by atoms with Gasteiger partial charge >= 0.3 is 0 Å². The van der Waals surface area contributed by atoms with Gasteiger partial charge in [-0.25, -0.2) is 4.99 Å². The van der Waals surface area contributed by atoms with Crippen molar-refractivity contribution in [2.45, 2.75) is 52.4 Å². The molecule has 0 saturated heterocycles. The number of fused-ring (bicyclic) bond motifs is 3. The van der Waals surface area contributed by atoms with E-state index < -0.39 is 0 Å². The second-order valence-corrected chi connectivity index (χ2v) is 13.9. The predicted octanol–water partition coefficient (Wildman–Crippen LogP) is 10.9. The largest absolute Gasteiger partial charge is 0.383 e. The van der Waals surface area contributed by atoms with Crippen molar-refractivity contribution in [2.75, 3.05) is 0 Å². The van der Waals surface area contributed by atoms with Gasteiger partial charge in [-0.05, 0) is 84.2 Å². The molecule has 0 amide bonds. The molecule has 0 spiro atoms. The first-order valence-corrected chi connectivity index (χ1v) is 17.0. The molecule has 1 aliphatic rings. The standard InChI is InChI=1S/C45H43N3/c1-31-13-10-16-33(27-31)34-17-11-18-35(28-34)41(25-23-32-14-6-5-7-15-32)47-44(46)36-19-12-20-38(29-36)48-42-22-9-8-21-39(42)40-30-37(45(2,3)4)24-26-43(40)48/h5-8,10-21,24-30H,9,22-23H2,1-4H3,(H2,46,47)/b41-25-. The van der Waals surface area contributed by atoms with E-state index in [9.17, 15) is 0 Å². The summed E-state index contributed by atoms with van der Waals surface area (Å²) in [5.74, 6) is 0.498. The Morgan fingerprint density at radius 3 is 2.33 bits per heavy atom. The van der Waals surface area contributed by atoms with Crippen molar-refractivity contribution in [3.63, 3.8) is 0 Å². The highest BCUT2D eigenvalue weighted by molar-refractivity contribution is 6.01. The van der Waals surface area contributed by atoms with Crippen LogP contribution in [0.1, 0.15) is 66.3 Å². The number of aryl methyl sites for hydroxylation is 1. The summed E-state index contributed by atoms with van der Waals surface area (Å²) in [6, 6.07) is 43.2. The topological polar surface area (TPSA) is 43.3 Å². The molecular formula is C45H43N3. The van der Waals surface area contributed by atoms with Gasteiger partial charge < -0.3 is 10.3 Å². The smallest absolute Gasteiger partial charge is 0.131 e. The molecule has 238 valence electrons. The summed E-state index contributed by atoms with van der Waals surface area (Å²) in [4.78, 5) is 5.13. The average Bonchev–Trinajstić information content (AvgIpc) is 3.44. The number of allylic oxidation sites excluding steroid dienone is 2. The molecule has 3 nitrogen and oxygen atoms in total. The van der Waals surface area contributed by atoms with Gasteiger partial charge in [0.25, 0.3) is 0 Å². The van der Waals surface area contributed by atoms with Crippen molar-refractivity contribution < 1.29 is 0 Å². The molecule has 1 heterocycles. The van der Waals surface area contributed by atoms with Crippen molar-refractivity contribution in [2.24, 2.45) is 10.7 Å². The zero-order valence-electron chi connectivity index (χ0n) is 28.4. The molecule has 0 unspecified atom stereocenters. The van der Waals surface area contributed by atoms with Gasteiger partial charge in [0.1, 0.15) is 5.84 Å². The summed E-state index contributed by atoms with van der Waals surface area (Å²) < 4.78 is 2.43. The number of nitrogens with zero attached hydrogens (tertiary/aromatic N) is 2. The maximum Gasteiger partial charge on any atom is 0.131 e. The normalized spacial score (nSPS) is 13.6. The minimum atomic E-state index is 0.0810. The van der Waals surface area contributed by atoms with Crippen LogP contribution in [0.2, 0.25) is 0 Å². The van der Waals surface area contributed by atoms with Crippen molar-refractivity contribution in [1.29, 1.82) is 0 Å². The summed E-state index contributed by atoms with van der Waals surface area (Å²) in [5.41, 5.74) is 21.0. The molecule has 3 heteroatoms. The third-order valence-corrected chi connectivity index (χ3v) is 9.33. The van der Waals surface area contributed by atoms with E-state index >= 15 is 0 Å². The number of hydrogen-bond donors (Lipinski definition) is 1. The molecular weight excluding hydrogens is 583 g/mol. The Bertz CT molecular complexity index is 2200. The van der Waals surface area contributed by atoms with Crippen LogP contribution in [0.4, 0.5) is 0 Å². The summed E-state index contributed by atoms with van der Waals surface area (Å²) >= 11 is 0. The third kappa shape index (κ3) is 6.41. The minimum absolute atomic E-state index is 0.0810. The number of hydrogen-bond acceptors (Lipinski definition) is 1. The van der Waals surface area contributed by atoms with Crippen molar-refractivity contribution in [3.05, 3.63) is 173 Å². The third-order valence-electron chi connectivity index (χ3n) is 9.33. The second kappa shape index (κ2) is 13.0. The predicted molar refractivity (Wildman–Crippen MR) is 205 cm³/mol. The van der Waals surface area contributed by atoms with Crippen molar-refractivity contribution in [1.82, 2.24) is 4.57 Å². The van der Waals surface area contributed by atoms with Crippen molar-refractivity contribution >= 4 is 28.5 Å². The highest BCUT2D eigenvalue weighted by atomic mass is 15.0. The summed E-state index contributed by atoms with van der Waals surface area (Å²) in [6.07, 6.45) is 9.59. The molecule has 5 aromatic carbocycles. The van der Waals surface area contributed by atoms with Gasteiger partial charge in [-0.3, -0.25) is 0 Å². The Morgan fingerprint density at radius 1 is 0.792 bits per heavy atom. The molecule has 1 aliphatic carbocycles. The maximum absolute atomic E-state index is 6.90. The first-order chi connectivity index (χ1) is 23.2. The first-order valence-electron chi connectivity index (χ1n) is 17.0. The van der Waals surface area contributed by atoms with Crippen LogP contribution in [-0.4, -0.2) is 10.4 Å². The molecule has 0 bridgehead atoms. The van der Waals surface area contributed by atoms with E-state index in [2.05, 4.69) is 166 Å². The van der Waals surface area contributed by atoms with Crippen LogP contribution in [0.25, 0.3) is 39.5 Å². The average molecular weight is 626 g/mol. The van der Waals surface area contributed by atoms with Crippen LogP contribution < -0.4 is 5.73 Å². The van der Waals surface area contributed by atoms with Crippen LogP contribution in [0.3, 0.4) is 0 Å². The van der Waals surface area contributed by atoms with Gasteiger partial charge in [0.15, 0.2) is 0 Å². The molecule has 6 aromatic rings. The lowest BCUT2D eigenvalue weighted by Crippen LogP contribution is -2.14. The van der Waals surface area contributed by atoms with Crippen molar-refractivity contribution in [3.8, 4) is 16.8 Å². The number of benzene rings is 5. The molecule has 0 atom stereocenters. The molecule has 2 N–H and O–H groups in total. The number of amidine groups is 1. The van der Waals surface area contributed by atoms with E-state index in [4.69, 9.17) is 10.7 Å². The monoisotopic (exact) mass is 625 g/mol. The van der Waals surface area contributed by atoms with E-state index in [1.165, 1.54) is 44.4 Å². The van der Waals surface area contributed by atoms with Crippen LogP contribution in [0.5, 0.6) is 0 Å². The lowest BCUT2D eigenvalue weighted by molar-refractivity contribution is 0.591. The maximum atomic E-state index is 6.90. The zero-order chi connectivity index (χ0) is 33.3. The zero-order valence-corrected chi connectivity index (χ0v) is 28.4. The molecule has 0 radical (unpaired) electrons. The Morgan fingerprint density at radius 2 is 1.54 bits per heavy atom. The highest BCUT2D eigenvalue weighted by Gasteiger charge is 2.22. The molecule has 0 aliphatic heterocycles. The van der Waals surface area contributed by atoms with Gasteiger partial charge in [-0.1, -0.05) is 136 Å². The quantitative estimate of drug-likeness (QED) is 0.139. The lowest BCUT2D eigenvalue weighted by atomic mass is 9.86. The molecule has 0 saturated carbocycles. The van der Waals surface area contributed by atoms with Crippen LogP contribution in [-0.2, 0) is 18.3 Å². The Labute approximate surface area is 284 Å². The minimum Gasteiger partial charge on any atom is -0.383 e. The number of aromatic nitrogens is 1. The second-order valence-electron chi connectivity index (χ2n) is 13.9. The summed E-state index contributed by atoms with van der Waals surface area (Å²) in [6.45, 7) is 8.96. The number of rotatable bonds is 7. The number of nitrogens with two attached hydrogens (primary N) is 1. The van der Waals surface area contributed by atoms with Gasteiger partial charge in [-0.15, -0.1) is 0 Å². The fourth-order valence-corrected chi connectivity index (χ4v) is 6.72. The van der Waals surface area contributed by atoms with Crippen LogP contribution in [0, 0.1) is 6.92 Å². The van der Waals surface area contributed by atoms with E-state index in [0.717, 1.165) is 47.3 Å². The van der Waals surface area contributed by atoms with E-state index in [1.54, 1.807) is 0 Å². The Balaban J connectivity index is 1.31. The molecule has 1 aromatic heterocycles. The van der Waals surface area contributed by atoms with Gasteiger partial charge in [0, 0.05) is 33.5 Å². The van der Waals surface area contributed by atoms with Gasteiger partial charge in [0.05, 0.1) is 11.2 Å². The summed E-state index contributed by atoms with van der Waals surface area (Å²) in [7, 11) is 0. The molecule has 0 fully saturated rings. The fraction of sp³-hybridized carbons (Fsp3) is 0.178. The highest BCUT2D eigenvalue weighted by Crippen LogP contribution is 2.37. The lowest BCUT2D eigenvalue weighted by Gasteiger charge is -2.19. The van der Waals surface area contributed by atoms with E-state index in [-0.39, 0.29) is 5.41 Å². The van der Waals surface area contributed by atoms with Gasteiger partial charge in [0.2, 0.25) is 0 Å². The van der Waals surface area contributed by atoms with Gasteiger partial charge in [-0.2, -0.15) is 0 Å². The van der Waals surface area contributed by atoms with E-state index in [1.807, 2.05) is 6.07 Å². The van der Waals surface area contributed by atoms with Crippen LogP contribution >= 0.6 is 0 Å². The Hall–Kier alpha value is -5.41. The summed E-state index contributed by atoms with van der Waals surface area (Å²) in [5, 5.41) is 1.31. The fourth-order valence-electron chi connectivity index (χ4n) is 6.72. The van der Waals surface area contributed by atoms with E-state index in [0.29, 0.717) is 5.84 Å². The molecule has 7 rings (SSSR count). The number of aliphatic imine (C=N–C) groups is 1. The Kier molecular flexibility index (Phi) is 8.45. The molecule has 48 heavy (non-hydrogen) atoms. The SMILES string of the molecule is Cc1cccc(-c2cccc(/C(=C/Cc3ccccc3)N=C(N)c3cccc(-n4c5c(c6cc(C(C)(C)C)ccc64)C=CCC5)c3)c2)c1. The first kappa shape index (κ1) is 31.2. The van der Waals surface area contributed by atoms with Crippen LogP contribution in [0.15, 0.2) is 138 Å².